The molecular formula is C13H18ClNO2. The highest BCUT2D eigenvalue weighted by Crippen LogP contribution is 2.22. The predicted octanol–water partition coefficient (Wildman–Crippen LogP) is 2.75. The number of halogens is 1. The number of nitrogens with one attached hydrogen (secondary N) is 1. The normalized spacial score (nSPS) is 24.1. The van der Waals surface area contributed by atoms with Gasteiger partial charge in [-0.3, -0.25) is 5.32 Å². The van der Waals surface area contributed by atoms with Gasteiger partial charge in [0.05, 0.1) is 12.7 Å². The standard InChI is InChI=1S/C13H18ClNO2/c1-2-7-16-9-12-8-15-13(17-12)10-3-5-11(14)6-4-10/h3-6,12-13,15H,2,7-9H2,1H3. The third-order valence-electron chi connectivity index (χ3n) is 2.68. The van der Waals surface area contributed by atoms with Crippen molar-refractivity contribution in [2.24, 2.45) is 0 Å². The van der Waals surface area contributed by atoms with Crippen LogP contribution in [0.5, 0.6) is 0 Å². The van der Waals surface area contributed by atoms with Crippen LogP contribution < -0.4 is 5.32 Å². The van der Waals surface area contributed by atoms with Gasteiger partial charge < -0.3 is 9.47 Å². The van der Waals surface area contributed by atoms with Gasteiger partial charge in [0, 0.05) is 18.2 Å². The third-order valence-corrected chi connectivity index (χ3v) is 2.94. The van der Waals surface area contributed by atoms with Gasteiger partial charge in [0.25, 0.3) is 0 Å². The van der Waals surface area contributed by atoms with Crippen LogP contribution in [-0.4, -0.2) is 25.9 Å². The molecule has 0 aromatic heterocycles. The van der Waals surface area contributed by atoms with Crippen LogP contribution in [0.4, 0.5) is 0 Å². The number of hydrogen-bond donors (Lipinski definition) is 1. The molecule has 17 heavy (non-hydrogen) atoms. The fourth-order valence-corrected chi connectivity index (χ4v) is 1.94. The van der Waals surface area contributed by atoms with Crippen LogP contribution in [-0.2, 0) is 9.47 Å². The largest absolute Gasteiger partial charge is 0.379 e. The zero-order valence-corrected chi connectivity index (χ0v) is 10.7. The van der Waals surface area contributed by atoms with Crippen LogP contribution in [0.1, 0.15) is 25.1 Å². The van der Waals surface area contributed by atoms with E-state index in [1.54, 1.807) is 0 Å². The van der Waals surface area contributed by atoms with E-state index in [9.17, 15) is 0 Å². The van der Waals surface area contributed by atoms with Crippen LogP contribution in [0, 0.1) is 0 Å². The van der Waals surface area contributed by atoms with Crippen molar-refractivity contribution in [2.45, 2.75) is 25.7 Å². The Morgan fingerprint density at radius 3 is 2.88 bits per heavy atom. The summed E-state index contributed by atoms with van der Waals surface area (Å²) >= 11 is 5.85. The molecule has 1 heterocycles. The molecule has 2 rings (SSSR count). The molecule has 2 unspecified atom stereocenters. The fourth-order valence-electron chi connectivity index (χ4n) is 1.82. The molecule has 0 bridgehead atoms. The lowest BCUT2D eigenvalue weighted by molar-refractivity contribution is -0.0150. The quantitative estimate of drug-likeness (QED) is 0.821. The molecule has 0 radical (unpaired) electrons. The molecule has 1 fully saturated rings. The molecule has 1 aliphatic rings. The van der Waals surface area contributed by atoms with E-state index in [4.69, 9.17) is 21.1 Å². The Morgan fingerprint density at radius 1 is 1.41 bits per heavy atom. The number of benzene rings is 1. The van der Waals surface area contributed by atoms with E-state index in [1.807, 2.05) is 24.3 Å². The summed E-state index contributed by atoms with van der Waals surface area (Å²) in [5.41, 5.74) is 1.10. The molecule has 4 heteroatoms. The highest BCUT2D eigenvalue weighted by molar-refractivity contribution is 6.30. The van der Waals surface area contributed by atoms with Crippen molar-refractivity contribution in [1.82, 2.24) is 5.32 Å². The lowest BCUT2D eigenvalue weighted by Gasteiger charge is -2.13. The molecular weight excluding hydrogens is 238 g/mol. The average Bonchev–Trinajstić information content (AvgIpc) is 2.79. The van der Waals surface area contributed by atoms with Crippen LogP contribution >= 0.6 is 11.6 Å². The molecule has 0 aliphatic carbocycles. The zero-order chi connectivity index (χ0) is 12.1. The van der Waals surface area contributed by atoms with E-state index in [0.717, 1.165) is 30.2 Å². The smallest absolute Gasteiger partial charge is 0.134 e. The van der Waals surface area contributed by atoms with E-state index in [-0.39, 0.29) is 12.3 Å². The lowest BCUT2D eigenvalue weighted by Crippen LogP contribution is -2.20. The number of hydrogen-bond acceptors (Lipinski definition) is 3. The van der Waals surface area contributed by atoms with Gasteiger partial charge in [0.2, 0.25) is 0 Å². The van der Waals surface area contributed by atoms with Crippen molar-refractivity contribution in [3.8, 4) is 0 Å². The third kappa shape index (κ3) is 3.68. The monoisotopic (exact) mass is 255 g/mol. The Labute approximate surface area is 107 Å². The summed E-state index contributed by atoms with van der Waals surface area (Å²) in [5.74, 6) is 0. The summed E-state index contributed by atoms with van der Waals surface area (Å²) in [6, 6.07) is 7.72. The average molecular weight is 256 g/mol. The summed E-state index contributed by atoms with van der Waals surface area (Å²) in [7, 11) is 0. The van der Waals surface area contributed by atoms with E-state index in [1.165, 1.54) is 0 Å². The summed E-state index contributed by atoms with van der Waals surface area (Å²) in [6.45, 7) is 4.39. The first kappa shape index (κ1) is 12.8. The molecule has 3 nitrogen and oxygen atoms in total. The minimum Gasteiger partial charge on any atom is -0.379 e. The highest BCUT2D eigenvalue weighted by atomic mass is 35.5. The molecule has 0 spiro atoms. The number of rotatable bonds is 5. The van der Waals surface area contributed by atoms with Gasteiger partial charge in [-0.15, -0.1) is 0 Å². The second-order valence-electron chi connectivity index (χ2n) is 4.17. The first-order valence-electron chi connectivity index (χ1n) is 6.01. The molecule has 0 amide bonds. The van der Waals surface area contributed by atoms with Crippen molar-refractivity contribution in [3.05, 3.63) is 34.9 Å². The van der Waals surface area contributed by atoms with Gasteiger partial charge in [0.1, 0.15) is 6.23 Å². The molecule has 1 N–H and O–H groups in total. The van der Waals surface area contributed by atoms with Gasteiger partial charge in [-0.05, 0) is 24.1 Å². The Hall–Kier alpha value is -0.610. The van der Waals surface area contributed by atoms with Crippen molar-refractivity contribution in [3.63, 3.8) is 0 Å². The van der Waals surface area contributed by atoms with E-state index in [0.29, 0.717) is 6.61 Å². The molecule has 2 atom stereocenters. The molecule has 1 saturated heterocycles. The van der Waals surface area contributed by atoms with Crippen molar-refractivity contribution < 1.29 is 9.47 Å². The first-order valence-corrected chi connectivity index (χ1v) is 6.39. The number of ether oxygens (including phenoxy) is 2. The molecule has 1 aromatic carbocycles. The zero-order valence-electron chi connectivity index (χ0n) is 9.99. The van der Waals surface area contributed by atoms with Gasteiger partial charge in [-0.25, -0.2) is 0 Å². The Bertz CT molecular complexity index is 342. The van der Waals surface area contributed by atoms with E-state index < -0.39 is 0 Å². The maximum Gasteiger partial charge on any atom is 0.134 e. The second-order valence-corrected chi connectivity index (χ2v) is 4.61. The Kier molecular flexibility index (Phi) is 4.80. The maximum absolute atomic E-state index is 5.85. The summed E-state index contributed by atoms with van der Waals surface area (Å²) < 4.78 is 11.3. The predicted molar refractivity (Wildman–Crippen MR) is 68.2 cm³/mol. The van der Waals surface area contributed by atoms with Crippen molar-refractivity contribution in [2.75, 3.05) is 19.8 Å². The summed E-state index contributed by atoms with van der Waals surface area (Å²) in [5, 5.41) is 4.07. The van der Waals surface area contributed by atoms with Crippen molar-refractivity contribution >= 4 is 11.6 Å². The lowest BCUT2D eigenvalue weighted by atomic mass is 10.2. The van der Waals surface area contributed by atoms with E-state index >= 15 is 0 Å². The summed E-state index contributed by atoms with van der Waals surface area (Å²) in [4.78, 5) is 0. The second kappa shape index (κ2) is 6.36. The summed E-state index contributed by atoms with van der Waals surface area (Å²) in [6.07, 6.45) is 1.14. The van der Waals surface area contributed by atoms with Crippen molar-refractivity contribution in [1.29, 1.82) is 0 Å². The maximum atomic E-state index is 5.85. The first-order chi connectivity index (χ1) is 8.29. The molecule has 0 saturated carbocycles. The topological polar surface area (TPSA) is 30.5 Å². The Balaban J connectivity index is 1.83. The SMILES string of the molecule is CCCOCC1CNC(c2ccc(Cl)cc2)O1. The highest BCUT2D eigenvalue weighted by Gasteiger charge is 2.25. The van der Waals surface area contributed by atoms with Crippen LogP contribution in [0.15, 0.2) is 24.3 Å². The molecule has 94 valence electrons. The van der Waals surface area contributed by atoms with Gasteiger partial charge in [-0.2, -0.15) is 0 Å². The van der Waals surface area contributed by atoms with Gasteiger partial charge in [0.15, 0.2) is 0 Å². The van der Waals surface area contributed by atoms with Gasteiger partial charge in [-0.1, -0.05) is 30.7 Å². The van der Waals surface area contributed by atoms with Gasteiger partial charge >= 0.3 is 0 Å². The minimum absolute atomic E-state index is 0.0394. The minimum atomic E-state index is -0.0394. The Morgan fingerprint density at radius 2 is 2.18 bits per heavy atom. The molecule has 1 aliphatic heterocycles. The fraction of sp³-hybridized carbons (Fsp3) is 0.538. The molecule has 1 aromatic rings. The van der Waals surface area contributed by atoms with Crippen LogP contribution in [0.25, 0.3) is 0 Å². The van der Waals surface area contributed by atoms with Crippen LogP contribution in [0.3, 0.4) is 0 Å². The van der Waals surface area contributed by atoms with E-state index in [2.05, 4.69) is 12.2 Å². The van der Waals surface area contributed by atoms with Crippen LogP contribution in [0.2, 0.25) is 5.02 Å².